The second kappa shape index (κ2) is 6.68. The Hall–Kier alpha value is -0.440. The van der Waals surface area contributed by atoms with Crippen molar-refractivity contribution < 1.29 is 0 Å². The van der Waals surface area contributed by atoms with Gasteiger partial charge < -0.3 is 0 Å². The molecule has 0 saturated heterocycles. The molecule has 0 fully saturated rings. The Morgan fingerprint density at radius 2 is 2.10 bits per heavy atom. The quantitative estimate of drug-likeness (QED) is 0.523. The highest BCUT2D eigenvalue weighted by atomic mass is 14.0. The van der Waals surface area contributed by atoms with Crippen molar-refractivity contribution >= 4 is 0 Å². The first-order valence-corrected chi connectivity index (χ1v) is 3.92. The molecular formula is C10H16. The lowest BCUT2D eigenvalue weighted by Gasteiger charge is -2.02. The van der Waals surface area contributed by atoms with Gasteiger partial charge in [0.1, 0.15) is 0 Å². The zero-order valence-corrected chi connectivity index (χ0v) is 6.82. The maximum Gasteiger partial charge on any atom is 0.0202 e. The summed E-state index contributed by atoms with van der Waals surface area (Å²) in [7, 11) is 0. The van der Waals surface area contributed by atoms with Crippen molar-refractivity contribution in [2.24, 2.45) is 5.92 Å². The molecule has 0 aromatic rings. The van der Waals surface area contributed by atoms with Crippen molar-refractivity contribution in [3.05, 3.63) is 13.8 Å². The fourth-order valence-electron chi connectivity index (χ4n) is 0.854. The fraction of sp³-hybridized carbons (Fsp3) is 0.600. The molecule has 1 atom stereocenters. The largest absolute Gasteiger partial charge is 0.103 e. The summed E-state index contributed by atoms with van der Waals surface area (Å²) >= 11 is 0. The molecule has 0 rings (SSSR count). The van der Waals surface area contributed by atoms with Gasteiger partial charge in [-0.15, -0.1) is 5.92 Å². The number of rotatable bonds is 3. The summed E-state index contributed by atoms with van der Waals surface area (Å²) in [4.78, 5) is 0. The van der Waals surface area contributed by atoms with E-state index in [0.29, 0.717) is 5.92 Å². The molecule has 0 heterocycles. The molecule has 0 heteroatoms. The summed E-state index contributed by atoms with van der Waals surface area (Å²) in [5.41, 5.74) is 0. The van der Waals surface area contributed by atoms with Gasteiger partial charge in [-0.2, -0.15) is 0 Å². The Morgan fingerprint density at radius 1 is 1.40 bits per heavy atom. The third-order valence-corrected chi connectivity index (χ3v) is 1.42. The Kier molecular flexibility index (Phi) is 6.38. The lowest BCUT2D eigenvalue weighted by atomic mass is 10.0. The molecule has 0 saturated carbocycles. The molecule has 0 nitrogen and oxygen atoms in total. The Labute approximate surface area is 65.0 Å². The SMILES string of the molecule is [CH2]CC#CC(C[CH2])CCC. The Bertz CT molecular complexity index is 114. The van der Waals surface area contributed by atoms with E-state index in [4.69, 9.17) is 0 Å². The number of hydrogen-bond acceptors (Lipinski definition) is 0. The molecule has 0 aliphatic carbocycles. The van der Waals surface area contributed by atoms with E-state index >= 15 is 0 Å². The maximum absolute atomic E-state index is 3.83. The predicted molar refractivity (Wildman–Crippen MR) is 46.1 cm³/mol. The van der Waals surface area contributed by atoms with Crippen molar-refractivity contribution in [2.75, 3.05) is 0 Å². The van der Waals surface area contributed by atoms with E-state index in [1.165, 1.54) is 12.8 Å². The lowest BCUT2D eigenvalue weighted by molar-refractivity contribution is 0.605. The van der Waals surface area contributed by atoms with E-state index < -0.39 is 0 Å². The maximum atomic E-state index is 3.83. The molecule has 0 aliphatic heterocycles. The molecule has 56 valence electrons. The van der Waals surface area contributed by atoms with E-state index in [0.717, 1.165) is 12.8 Å². The van der Waals surface area contributed by atoms with Gasteiger partial charge in [-0.1, -0.05) is 26.2 Å². The second-order valence-electron chi connectivity index (χ2n) is 2.35. The zero-order chi connectivity index (χ0) is 7.82. The third kappa shape index (κ3) is 4.44. The third-order valence-electron chi connectivity index (χ3n) is 1.42. The van der Waals surface area contributed by atoms with Crippen molar-refractivity contribution in [1.29, 1.82) is 0 Å². The van der Waals surface area contributed by atoms with Crippen LogP contribution in [-0.4, -0.2) is 0 Å². The van der Waals surface area contributed by atoms with Crippen LogP contribution in [0.3, 0.4) is 0 Å². The van der Waals surface area contributed by atoms with Crippen LogP contribution in [0.4, 0.5) is 0 Å². The zero-order valence-electron chi connectivity index (χ0n) is 6.82. The first-order valence-electron chi connectivity index (χ1n) is 3.92. The smallest absolute Gasteiger partial charge is 0.0202 e. The highest BCUT2D eigenvalue weighted by Gasteiger charge is 1.97. The van der Waals surface area contributed by atoms with Crippen molar-refractivity contribution in [3.8, 4) is 11.8 Å². The van der Waals surface area contributed by atoms with Crippen LogP contribution in [0.2, 0.25) is 0 Å². The van der Waals surface area contributed by atoms with Crippen molar-refractivity contribution in [3.63, 3.8) is 0 Å². The molecule has 0 bridgehead atoms. The van der Waals surface area contributed by atoms with Gasteiger partial charge in [0.25, 0.3) is 0 Å². The molecule has 0 spiro atoms. The summed E-state index contributed by atoms with van der Waals surface area (Å²) in [6, 6.07) is 0. The van der Waals surface area contributed by atoms with Crippen LogP contribution in [0.5, 0.6) is 0 Å². The van der Waals surface area contributed by atoms with Gasteiger partial charge >= 0.3 is 0 Å². The molecule has 10 heavy (non-hydrogen) atoms. The molecule has 0 aliphatic rings. The molecule has 0 aromatic heterocycles. The van der Waals surface area contributed by atoms with Crippen LogP contribution < -0.4 is 0 Å². The molecule has 0 aromatic carbocycles. The van der Waals surface area contributed by atoms with Crippen molar-refractivity contribution in [2.45, 2.75) is 32.6 Å². The topological polar surface area (TPSA) is 0 Å². The normalized spacial score (nSPS) is 11.9. The summed E-state index contributed by atoms with van der Waals surface area (Å²) in [5.74, 6) is 6.63. The minimum Gasteiger partial charge on any atom is -0.103 e. The Balaban J connectivity index is 3.59. The molecule has 0 amide bonds. The predicted octanol–water partition coefficient (Wildman–Crippen LogP) is 2.85. The van der Waals surface area contributed by atoms with E-state index in [-0.39, 0.29) is 0 Å². The summed E-state index contributed by atoms with van der Waals surface area (Å²) < 4.78 is 0. The Morgan fingerprint density at radius 3 is 2.50 bits per heavy atom. The van der Waals surface area contributed by atoms with Crippen molar-refractivity contribution in [1.82, 2.24) is 0 Å². The average Bonchev–Trinajstić information content (AvgIpc) is 1.98. The van der Waals surface area contributed by atoms with Gasteiger partial charge in [-0.3, -0.25) is 0 Å². The molecule has 0 N–H and O–H groups in total. The minimum absolute atomic E-state index is 0.506. The standard InChI is InChI=1S/C10H16/c1-4-7-9-10(6-3)8-5-2/h10H,1,3-6,8H2,2H3. The summed E-state index contributed by atoms with van der Waals surface area (Å²) in [5, 5.41) is 0. The van der Waals surface area contributed by atoms with E-state index in [1.807, 2.05) is 0 Å². The molecule has 1 unspecified atom stereocenters. The summed E-state index contributed by atoms with van der Waals surface area (Å²) in [6.45, 7) is 9.67. The first-order chi connectivity index (χ1) is 4.85. The molecule has 2 radical (unpaired) electrons. The van der Waals surface area contributed by atoms with Gasteiger partial charge in [0.15, 0.2) is 0 Å². The lowest BCUT2D eigenvalue weighted by Crippen LogP contribution is -1.93. The summed E-state index contributed by atoms with van der Waals surface area (Å²) in [6.07, 6.45) is 4.03. The van der Waals surface area contributed by atoms with E-state index in [9.17, 15) is 0 Å². The van der Waals surface area contributed by atoms with E-state index in [1.54, 1.807) is 0 Å². The van der Waals surface area contributed by atoms with Gasteiger partial charge in [0.2, 0.25) is 0 Å². The van der Waals surface area contributed by atoms with Gasteiger partial charge in [-0.05, 0) is 19.8 Å². The van der Waals surface area contributed by atoms with Crippen LogP contribution in [-0.2, 0) is 0 Å². The monoisotopic (exact) mass is 136 g/mol. The fourth-order valence-corrected chi connectivity index (χ4v) is 0.854. The van der Waals surface area contributed by atoms with Crippen LogP contribution in [0.25, 0.3) is 0 Å². The highest BCUT2D eigenvalue weighted by molar-refractivity contribution is 5.04. The highest BCUT2D eigenvalue weighted by Crippen LogP contribution is 2.08. The first kappa shape index (κ1) is 9.56. The average molecular weight is 136 g/mol. The van der Waals surface area contributed by atoms with E-state index in [2.05, 4.69) is 32.6 Å². The van der Waals surface area contributed by atoms with Crippen LogP contribution >= 0.6 is 0 Å². The molecular weight excluding hydrogens is 120 g/mol. The van der Waals surface area contributed by atoms with Crippen LogP contribution in [0.1, 0.15) is 32.6 Å². The minimum atomic E-state index is 0.506. The van der Waals surface area contributed by atoms with Gasteiger partial charge in [-0.25, -0.2) is 0 Å². The van der Waals surface area contributed by atoms with Gasteiger partial charge in [0.05, 0.1) is 0 Å². The van der Waals surface area contributed by atoms with Crippen LogP contribution in [0.15, 0.2) is 0 Å². The second-order valence-corrected chi connectivity index (χ2v) is 2.35. The van der Waals surface area contributed by atoms with Gasteiger partial charge in [0, 0.05) is 12.3 Å². The van der Waals surface area contributed by atoms with Crippen LogP contribution in [0, 0.1) is 31.6 Å². The number of hydrogen-bond donors (Lipinski definition) is 0.